The van der Waals surface area contributed by atoms with Crippen LogP contribution in [0.4, 0.5) is 0 Å². The van der Waals surface area contributed by atoms with Gasteiger partial charge in [0.2, 0.25) is 5.88 Å². The average molecular weight is 297 g/mol. The van der Waals surface area contributed by atoms with Gasteiger partial charge < -0.3 is 9.84 Å². The molecule has 0 saturated carbocycles. The largest absolute Gasteiger partial charge is 0.478 e. The van der Waals surface area contributed by atoms with Crippen LogP contribution >= 0.6 is 0 Å². The second kappa shape index (κ2) is 4.70. The van der Waals surface area contributed by atoms with Gasteiger partial charge in [0.25, 0.3) is 0 Å². The van der Waals surface area contributed by atoms with Crippen LogP contribution in [0.5, 0.6) is 5.88 Å². The van der Waals surface area contributed by atoms with E-state index < -0.39 is 25.9 Å². The summed E-state index contributed by atoms with van der Waals surface area (Å²) < 4.78 is 29.5. The number of aromatic nitrogens is 1. The van der Waals surface area contributed by atoms with E-state index in [0.717, 1.165) is 0 Å². The normalized spacial score (nSPS) is 34.9. The molecule has 0 radical (unpaired) electrons. The van der Waals surface area contributed by atoms with Crippen LogP contribution in [-0.2, 0) is 15.4 Å². The van der Waals surface area contributed by atoms with Crippen molar-refractivity contribution in [3.05, 3.63) is 23.9 Å². The fourth-order valence-electron chi connectivity index (χ4n) is 3.37. The maximum atomic E-state index is 12.1. The lowest BCUT2D eigenvalue weighted by Gasteiger charge is -2.36. The number of ether oxygens (including phenoxy) is 1. The van der Waals surface area contributed by atoms with Crippen molar-refractivity contribution in [2.24, 2.45) is 0 Å². The summed E-state index contributed by atoms with van der Waals surface area (Å²) in [6, 6.07) is 3.51. The molecule has 2 aliphatic heterocycles. The molecule has 2 fully saturated rings. The molecule has 1 aromatic rings. The van der Waals surface area contributed by atoms with Crippen LogP contribution < -0.4 is 4.74 Å². The van der Waals surface area contributed by atoms with Gasteiger partial charge in [-0.1, -0.05) is 0 Å². The highest BCUT2D eigenvalue weighted by Crippen LogP contribution is 2.47. The van der Waals surface area contributed by atoms with Gasteiger partial charge in [0.05, 0.1) is 22.7 Å². The van der Waals surface area contributed by atoms with E-state index in [1.165, 1.54) is 0 Å². The quantitative estimate of drug-likeness (QED) is 0.913. The average Bonchev–Trinajstić information content (AvgIpc) is 2.60. The maximum Gasteiger partial charge on any atom is 0.213 e. The van der Waals surface area contributed by atoms with Crippen LogP contribution in [-0.4, -0.2) is 35.6 Å². The van der Waals surface area contributed by atoms with Gasteiger partial charge in [-0.2, -0.15) is 0 Å². The number of rotatable bonds is 3. The van der Waals surface area contributed by atoms with Crippen molar-refractivity contribution < 1.29 is 18.3 Å². The third-order valence-electron chi connectivity index (χ3n) is 4.44. The van der Waals surface area contributed by atoms with Crippen LogP contribution in [0.3, 0.4) is 0 Å². The topological polar surface area (TPSA) is 76.5 Å². The number of pyridine rings is 1. The number of sulfone groups is 1. The molecule has 3 heterocycles. The molecule has 3 rings (SSSR count). The molecular formula is C14H19NO4S. The van der Waals surface area contributed by atoms with E-state index in [1.807, 2.05) is 6.92 Å². The van der Waals surface area contributed by atoms with E-state index in [9.17, 15) is 13.5 Å². The van der Waals surface area contributed by atoms with Crippen molar-refractivity contribution in [1.29, 1.82) is 0 Å². The predicted molar refractivity (Wildman–Crippen MR) is 74.3 cm³/mol. The van der Waals surface area contributed by atoms with E-state index in [2.05, 4.69) is 4.98 Å². The van der Waals surface area contributed by atoms with Crippen LogP contribution in [0.1, 0.15) is 38.2 Å². The zero-order valence-electron chi connectivity index (χ0n) is 11.4. The molecule has 1 aromatic heterocycles. The zero-order valence-corrected chi connectivity index (χ0v) is 12.3. The van der Waals surface area contributed by atoms with Crippen molar-refractivity contribution in [1.82, 2.24) is 4.98 Å². The molecule has 0 aromatic carbocycles. The molecule has 2 aliphatic rings. The predicted octanol–water partition coefficient (Wildman–Crippen LogP) is 1.41. The lowest BCUT2D eigenvalue weighted by Crippen LogP contribution is -2.43. The molecule has 20 heavy (non-hydrogen) atoms. The fraction of sp³-hybridized carbons (Fsp3) is 0.643. The summed E-state index contributed by atoms with van der Waals surface area (Å²) in [5.74, 6) is 0.520. The van der Waals surface area contributed by atoms with Crippen LogP contribution in [0.25, 0.3) is 0 Å². The first-order chi connectivity index (χ1) is 9.45. The first kappa shape index (κ1) is 13.8. The molecule has 5 nitrogen and oxygen atoms in total. The maximum absolute atomic E-state index is 12.1. The number of nitrogens with zero attached hydrogens (tertiary/aromatic N) is 1. The molecule has 2 atom stereocenters. The number of hydrogen-bond donors (Lipinski definition) is 1. The highest BCUT2D eigenvalue weighted by atomic mass is 32.2. The highest BCUT2D eigenvalue weighted by molar-refractivity contribution is 7.93. The van der Waals surface area contributed by atoms with Gasteiger partial charge >= 0.3 is 0 Å². The number of aliphatic hydroxyl groups is 1. The van der Waals surface area contributed by atoms with Gasteiger partial charge in [-0.15, -0.1) is 0 Å². The lowest BCUT2D eigenvalue weighted by molar-refractivity contribution is 0.0169. The minimum absolute atomic E-state index is 0.279. The monoisotopic (exact) mass is 297 g/mol. The van der Waals surface area contributed by atoms with Gasteiger partial charge in [-0.05, 0) is 38.7 Å². The van der Waals surface area contributed by atoms with Crippen LogP contribution in [0, 0.1) is 0 Å². The van der Waals surface area contributed by atoms with Gasteiger partial charge in [0, 0.05) is 17.8 Å². The Morgan fingerprint density at radius 3 is 2.50 bits per heavy atom. The van der Waals surface area contributed by atoms with Crippen molar-refractivity contribution in [3.63, 3.8) is 0 Å². The number of hydrogen-bond acceptors (Lipinski definition) is 5. The van der Waals surface area contributed by atoms with E-state index in [1.54, 1.807) is 18.3 Å². The van der Waals surface area contributed by atoms with Crippen molar-refractivity contribution in [2.75, 3.05) is 6.61 Å². The molecular weight excluding hydrogens is 278 g/mol. The summed E-state index contributed by atoms with van der Waals surface area (Å²) in [7, 11) is -3.03. The molecule has 0 aliphatic carbocycles. The van der Waals surface area contributed by atoms with E-state index in [4.69, 9.17) is 4.74 Å². The fourth-order valence-corrected chi connectivity index (χ4v) is 5.86. The van der Waals surface area contributed by atoms with Crippen molar-refractivity contribution >= 4 is 9.84 Å². The van der Waals surface area contributed by atoms with E-state index >= 15 is 0 Å². The van der Waals surface area contributed by atoms with Gasteiger partial charge in [0.15, 0.2) is 9.84 Å². The second-order valence-electron chi connectivity index (χ2n) is 5.67. The van der Waals surface area contributed by atoms with Crippen LogP contribution in [0.15, 0.2) is 18.3 Å². The molecule has 2 saturated heterocycles. The van der Waals surface area contributed by atoms with Crippen molar-refractivity contribution in [2.45, 2.75) is 48.7 Å². The third-order valence-corrected chi connectivity index (χ3v) is 7.10. The Balaban J connectivity index is 1.87. The summed E-state index contributed by atoms with van der Waals surface area (Å²) in [5, 5.41) is 10.0. The standard InChI is InChI=1S/C14H19NO4S/c1-2-19-13-6-3-10(9-15-13)14(16)7-11-4-5-12(8-14)20(11,17)18/h3,6,9,11-12,16H,2,4-5,7-8H2,1H3. The molecule has 0 spiro atoms. The van der Waals surface area contributed by atoms with Gasteiger partial charge in [0.1, 0.15) is 0 Å². The Kier molecular flexibility index (Phi) is 3.25. The van der Waals surface area contributed by atoms with E-state index in [-0.39, 0.29) is 12.8 Å². The molecule has 6 heteroatoms. The third kappa shape index (κ3) is 2.11. The minimum atomic E-state index is -3.03. The number of fused-ring (bicyclic) bond motifs is 2. The zero-order chi connectivity index (χ0) is 14.4. The summed E-state index contributed by atoms with van der Waals surface area (Å²) in [4.78, 5) is 4.16. The summed E-state index contributed by atoms with van der Waals surface area (Å²) in [6.07, 6.45) is 3.49. The Bertz CT molecular complexity index is 576. The van der Waals surface area contributed by atoms with Crippen molar-refractivity contribution in [3.8, 4) is 5.88 Å². The Morgan fingerprint density at radius 2 is 2.00 bits per heavy atom. The second-order valence-corrected chi connectivity index (χ2v) is 8.18. The summed E-state index contributed by atoms with van der Waals surface area (Å²) in [6.45, 7) is 2.42. The van der Waals surface area contributed by atoms with Crippen LogP contribution in [0.2, 0.25) is 0 Å². The first-order valence-electron chi connectivity index (χ1n) is 7.00. The SMILES string of the molecule is CCOc1ccc(C2(O)CC3CCC(C2)S3(=O)=O)cn1. The minimum Gasteiger partial charge on any atom is -0.478 e. The summed E-state index contributed by atoms with van der Waals surface area (Å²) in [5.41, 5.74) is -0.387. The first-order valence-corrected chi connectivity index (χ1v) is 8.61. The highest BCUT2D eigenvalue weighted by Gasteiger charge is 2.53. The smallest absolute Gasteiger partial charge is 0.213 e. The van der Waals surface area contributed by atoms with Gasteiger partial charge in [-0.25, -0.2) is 13.4 Å². The lowest BCUT2D eigenvalue weighted by atomic mass is 9.87. The Morgan fingerprint density at radius 1 is 1.35 bits per heavy atom. The van der Waals surface area contributed by atoms with Gasteiger partial charge in [-0.3, -0.25) is 0 Å². The molecule has 110 valence electrons. The molecule has 2 bridgehead atoms. The Hall–Kier alpha value is -1.14. The Labute approximate surface area is 118 Å². The van der Waals surface area contributed by atoms with E-state index in [0.29, 0.717) is 30.9 Å². The molecule has 2 unspecified atom stereocenters. The molecule has 1 N–H and O–H groups in total. The molecule has 0 amide bonds. The summed E-state index contributed by atoms with van der Waals surface area (Å²) >= 11 is 0.